The monoisotopic (exact) mass is 356 g/mol. The molecule has 21 heavy (non-hydrogen) atoms. The highest BCUT2D eigenvalue weighted by Gasteiger charge is 2.26. The van der Waals surface area contributed by atoms with Crippen molar-refractivity contribution in [2.45, 2.75) is 0 Å². The largest absolute Gasteiger partial charge is 0.321 e. The molecule has 0 aliphatic heterocycles. The fraction of sp³-hybridized carbons (Fsp3) is 0. The van der Waals surface area contributed by atoms with Gasteiger partial charge in [0.15, 0.2) is 0 Å². The van der Waals surface area contributed by atoms with Crippen LogP contribution in [0.4, 0.5) is 20.2 Å². The Bertz CT molecular complexity index is 737. The number of hydrogen-bond donors (Lipinski definition) is 1. The molecule has 0 radical (unpaired) electrons. The topological polar surface area (TPSA) is 72.2 Å². The molecule has 0 aromatic heterocycles. The molecule has 2 aromatic rings. The van der Waals surface area contributed by atoms with E-state index in [0.717, 1.165) is 0 Å². The summed E-state index contributed by atoms with van der Waals surface area (Å²) in [6.45, 7) is 0. The molecule has 8 heteroatoms. The molecule has 0 saturated heterocycles. The summed E-state index contributed by atoms with van der Waals surface area (Å²) >= 11 is 3.16. The van der Waals surface area contributed by atoms with E-state index in [1.165, 1.54) is 6.07 Å². The second-order valence-corrected chi connectivity index (χ2v) is 4.80. The number of benzene rings is 2. The summed E-state index contributed by atoms with van der Waals surface area (Å²) in [4.78, 5) is 21.5. The molecular weight excluding hydrogens is 350 g/mol. The number of nitrogens with one attached hydrogen (secondary N) is 1. The third-order valence-electron chi connectivity index (χ3n) is 2.62. The van der Waals surface area contributed by atoms with Crippen molar-refractivity contribution in [3.63, 3.8) is 0 Å². The van der Waals surface area contributed by atoms with E-state index in [2.05, 4.69) is 21.2 Å². The number of carbonyl (C=O) groups excluding carboxylic acids is 1. The maximum atomic E-state index is 13.9. The number of nitro groups is 1. The van der Waals surface area contributed by atoms with E-state index in [0.29, 0.717) is 16.6 Å². The van der Waals surface area contributed by atoms with Gasteiger partial charge in [-0.25, -0.2) is 4.39 Å². The first-order chi connectivity index (χ1) is 9.91. The number of hydrogen-bond acceptors (Lipinski definition) is 3. The van der Waals surface area contributed by atoms with Crippen LogP contribution in [-0.2, 0) is 0 Å². The first-order valence-corrected chi connectivity index (χ1v) is 6.39. The van der Waals surface area contributed by atoms with Crippen LogP contribution in [0.3, 0.4) is 0 Å². The smallest absolute Gasteiger partial charge is 0.305 e. The van der Waals surface area contributed by atoms with Crippen LogP contribution in [0, 0.1) is 21.7 Å². The van der Waals surface area contributed by atoms with E-state index in [-0.39, 0.29) is 5.69 Å². The minimum atomic E-state index is -1.51. The van der Waals surface area contributed by atoms with Gasteiger partial charge in [-0.1, -0.05) is 12.1 Å². The number of halogens is 3. The number of nitrogens with zero attached hydrogens (tertiary/aromatic N) is 1. The van der Waals surface area contributed by atoms with Crippen LogP contribution in [0.1, 0.15) is 10.4 Å². The molecule has 2 rings (SSSR count). The van der Waals surface area contributed by atoms with E-state index in [4.69, 9.17) is 0 Å². The summed E-state index contributed by atoms with van der Waals surface area (Å²) in [7, 11) is 0. The molecule has 0 heterocycles. The molecule has 0 saturated carbocycles. The average molecular weight is 357 g/mol. The predicted octanol–water partition coefficient (Wildman–Crippen LogP) is 3.89. The van der Waals surface area contributed by atoms with Gasteiger partial charge in [-0.3, -0.25) is 14.9 Å². The molecule has 5 nitrogen and oxygen atoms in total. The molecule has 0 atom stereocenters. The van der Waals surface area contributed by atoms with Gasteiger partial charge in [0.05, 0.1) is 10.6 Å². The van der Waals surface area contributed by atoms with Gasteiger partial charge in [-0.15, -0.1) is 0 Å². The van der Waals surface area contributed by atoms with Crippen molar-refractivity contribution in [1.82, 2.24) is 0 Å². The van der Waals surface area contributed by atoms with Gasteiger partial charge in [-0.05, 0) is 34.1 Å². The van der Waals surface area contributed by atoms with Crippen molar-refractivity contribution < 1.29 is 18.5 Å². The number of anilines is 1. The summed E-state index contributed by atoms with van der Waals surface area (Å²) in [6.07, 6.45) is 0. The molecule has 108 valence electrons. The van der Waals surface area contributed by atoms with Crippen LogP contribution in [0.2, 0.25) is 0 Å². The van der Waals surface area contributed by atoms with Crippen molar-refractivity contribution in [1.29, 1.82) is 0 Å². The van der Waals surface area contributed by atoms with Crippen LogP contribution in [0.15, 0.2) is 40.9 Å². The van der Waals surface area contributed by atoms with Crippen molar-refractivity contribution in [2.75, 3.05) is 5.32 Å². The third kappa shape index (κ3) is 3.05. The standard InChI is InChI=1S/C13H7BrF2N2O3/c14-7-3-1-2-4-9(7)17-13(19)11-8(15)5-6-10(12(11)16)18(20)21/h1-6H,(H,17,19). The Hall–Kier alpha value is -2.35. The summed E-state index contributed by atoms with van der Waals surface area (Å²) < 4.78 is 28.0. The molecule has 0 aliphatic rings. The lowest BCUT2D eigenvalue weighted by Crippen LogP contribution is -2.17. The van der Waals surface area contributed by atoms with Crippen LogP contribution in [0.25, 0.3) is 0 Å². The molecule has 0 spiro atoms. The van der Waals surface area contributed by atoms with Gasteiger partial charge in [0.25, 0.3) is 5.91 Å². The highest BCUT2D eigenvalue weighted by atomic mass is 79.9. The Labute approximate surface area is 125 Å². The molecule has 2 aromatic carbocycles. The maximum absolute atomic E-state index is 13.9. The van der Waals surface area contributed by atoms with Crippen LogP contribution < -0.4 is 5.32 Å². The molecule has 0 fully saturated rings. The Balaban J connectivity index is 2.42. The quantitative estimate of drug-likeness (QED) is 0.669. The second-order valence-electron chi connectivity index (χ2n) is 3.95. The van der Waals surface area contributed by atoms with Crippen LogP contribution in [0.5, 0.6) is 0 Å². The van der Waals surface area contributed by atoms with Gasteiger partial charge in [0.1, 0.15) is 11.4 Å². The van der Waals surface area contributed by atoms with Gasteiger partial charge in [0, 0.05) is 10.5 Å². The molecule has 0 unspecified atom stereocenters. The lowest BCUT2D eigenvalue weighted by molar-refractivity contribution is -0.387. The van der Waals surface area contributed by atoms with Crippen molar-refractivity contribution >= 4 is 33.2 Å². The van der Waals surface area contributed by atoms with E-state index < -0.39 is 33.7 Å². The number of para-hydroxylation sites is 1. The molecule has 0 bridgehead atoms. The Morgan fingerprint density at radius 2 is 1.86 bits per heavy atom. The zero-order valence-corrected chi connectivity index (χ0v) is 11.9. The minimum Gasteiger partial charge on any atom is -0.321 e. The third-order valence-corrected chi connectivity index (χ3v) is 3.31. The highest BCUT2D eigenvalue weighted by molar-refractivity contribution is 9.10. The van der Waals surface area contributed by atoms with Crippen molar-refractivity contribution in [3.8, 4) is 0 Å². The summed E-state index contributed by atoms with van der Waals surface area (Å²) in [5, 5.41) is 12.9. The lowest BCUT2D eigenvalue weighted by atomic mass is 10.1. The Morgan fingerprint density at radius 3 is 2.48 bits per heavy atom. The zero-order valence-electron chi connectivity index (χ0n) is 10.3. The number of carbonyl (C=O) groups is 1. The summed E-state index contributed by atoms with van der Waals surface area (Å²) in [5.41, 5.74) is -1.68. The van der Waals surface area contributed by atoms with E-state index >= 15 is 0 Å². The van der Waals surface area contributed by atoms with Gasteiger partial charge >= 0.3 is 5.69 Å². The second kappa shape index (κ2) is 5.96. The van der Waals surface area contributed by atoms with Gasteiger partial charge in [0.2, 0.25) is 5.82 Å². The van der Waals surface area contributed by atoms with Crippen molar-refractivity contribution in [2.24, 2.45) is 0 Å². The summed E-state index contributed by atoms with van der Waals surface area (Å²) in [5.74, 6) is -3.80. The van der Waals surface area contributed by atoms with E-state index in [1.807, 2.05) is 0 Å². The zero-order chi connectivity index (χ0) is 15.6. The SMILES string of the molecule is O=C(Nc1ccccc1Br)c1c(F)ccc([N+](=O)[O-])c1F. The van der Waals surface area contributed by atoms with Crippen LogP contribution in [-0.4, -0.2) is 10.8 Å². The Morgan fingerprint density at radius 1 is 1.19 bits per heavy atom. The number of rotatable bonds is 3. The van der Waals surface area contributed by atoms with Crippen LogP contribution >= 0.6 is 15.9 Å². The lowest BCUT2D eigenvalue weighted by Gasteiger charge is -2.08. The Kier molecular flexibility index (Phi) is 4.27. The normalized spacial score (nSPS) is 10.2. The van der Waals surface area contributed by atoms with Gasteiger partial charge < -0.3 is 5.32 Å². The molecular formula is C13H7BrF2N2O3. The van der Waals surface area contributed by atoms with E-state index in [9.17, 15) is 23.7 Å². The number of nitro benzene ring substituents is 1. The maximum Gasteiger partial charge on any atom is 0.305 e. The first kappa shape index (κ1) is 15.0. The highest BCUT2D eigenvalue weighted by Crippen LogP contribution is 2.26. The van der Waals surface area contributed by atoms with Crippen molar-refractivity contribution in [3.05, 3.63) is 68.2 Å². The first-order valence-electron chi connectivity index (χ1n) is 5.60. The molecule has 1 N–H and O–H groups in total. The number of amides is 1. The predicted molar refractivity (Wildman–Crippen MR) is 75.1 cm³/mol. The molecule has 0 aliphatic carbocycles. The minimum absolute atomic E-state index is 0.285. The summed E-state index contributed by atoms with van der Waals surface area (Å²) in [6, 6.07) is 7.77. The van der Waals surface area contributed by atoms with E-state index in [1.54, 1.807) is 18.2 Å². The fourth-order valence-corrected chi connectivity index (χ4v) is 2.02. The van der Waals surface area contributed by atoms with Gasteiger partial charge in [-0.2, -0.15) is 4.39 Å². The fourth-order valence-electron chi connectivity index (χ4n) is 1.64. The molecule has 1 amide bonds. The average Bonchev–Trinajstić information content (AvgIpc) is 2.41.